The summed E-state index contributed by atoms with van der Waals surface area (Å²) in [5.74, 6) is -0.0896. The molecule has 122 valence electrons. The first-order chi connectivity index (χ1) is 11.7. The van der Waals surface area contributed by atoms with Crippen LogP contribution in [0.3, 0.4) is 0 Å². The molecule has 0 bridgehead atoms. The number of methoxy groups -OCH3 is 1. The summed E-state index contributed by atoms with van der Waals surface area (Å²) in [6.07, 6.45) is 0. The van der Waals surface area contributed by atoms with Crippen LogP contribution < -0.4 is 4.74 Å². The van der Waals surface area contributed by atoms with Crippen LogP contribution in [0, 0.1) is 5.82 Å². The Labute approximate surface area is 141 Å². The zero-order valence-electron chi connectivity index (χ0n) is 12.7. The predicted molar refractivity (Wildman–Crippen MR) is 87.2 cm³/mol. The van der Waals surface area contributed by atoms with Crippen molar-refractivity contribution in [3.8, 4) is 11.4 Å². The number of hydrogen-bond acceptors (Lipinski definition) is 6. The quantitative estimate of drug-likeness (QED) is 0.506. The number of carbonyl (C=O) groups is 1. The molecule has 0 fully saturated rings. The monoisotopic (exact) mass is 344 g/mol. The number of ketones is 1. The number of ether oxygens (including phenoxy) is 1. The van der Waals surface area contributed by atoms with E-state index >= 15 is 0 Å². The standard InChI is InChI=1S/C16H13FN4O2S/c1-23-12-8-6-11(7-9-12)21-16(18-19-20-21)24-10-15(22)13-4-2-3-5-14(13)17/h2-9H,10H2,1H3. The Bertz CT molecular complexity index is 851. The smallest absolute Gasteiger partial charge is 0.214 e. The molecule has 0 saturated heterocycles. The molecule has 0 atom stereocenters. The number of Topliss-reactive ketones (excluding diaryl/α,β-unsaturated/α-hetero) is 1. The maximum Gasteiger partial charge on any atom is 0.214 e. The van der Waals surface area contributed by atoms with Gasteiger partial charge in [-0.05, 0) is 46.8 Å². The fourth-order valence-electron chi connectivity index (χ4n) is 2.05. The SMILES string of the molecule is COc1ccc(-n2nnnc2SCC(=O)c2ccccc2F)cc1. The second-order valence-electron chi connectivity index (χ2n) is 4.76. The molecule has 0 aliphatic rings. The van der Waals surface area contributed by atoms with Gasteiger partial charge in [-0.15, -0.1) is 5.10 Å². The number of hydrogen-bond donors (Lipinski definition) is 0. The largest absolute Gasteiger partial charge is 0.497 e. The van der Waals surface area contributed by atoms with Crippen LogP contribution in [0.2, 0.25) is 0 Å². The van der Waals surface area contributed by atoms with Gasteiger partial charge < -0.3 is 4.74 Å². The normalized spacial score (nSPS) is 10.6. The van der Waals surface area contributed by atoms with Gasteiger partial charge in [0.1, 0.15) is 11.6 Å². The van der Waals surface area contributed by atoms with Gasteiger partial charge in [0.15, 0.2) is 5.78 Å². The minimum Gasteiger partial charge on any atom is -0.497 e. The summed E-state index contributed by atoms with van der Waals surface area (Å²) in [7, 11) is 1.58. The van der Waals surface area contributed by atoms with Crippen LogP contribution >= 0.6 is 11.8 Å². The van der Waals surface area contributed by atoms with Gasteiger partial charge in [-0.25, -0.2) is 4.39 Å². The molecule has 0 N–H and O–H groups in total. The summed E-state index contributed by atoms with van der Waals surface area (Å²) < 4.78 is 20.3. The molecule has 2 aromatic carbocycles. The fraction of sp³-hybridized carbons (Fsp3) is 0.125. The molecule has 24 heavy (non-hydrogen) atoms. The van der Waals surface area contributed by atoms with Gasteiger partial charge in [-0.3, -0.25) is 4.79 Å². The topological polar surface area (TPSA) is 69.9 Å². The van der Waals surface area contributed by atoms with E-state index in [1.54, 1.807) is 43.5 Å². The number of aromatic nitrogens is 4. The van der Waals surface area contributed by atoms with E-state index in [1.165, 1.54) is 16.8 Å². The highest BCUT2D eigenvalue weighted by Gasteiger charge is 2.15. The Morgan fingerprint density at radius 3 is 2.67 bits per heavy atom. The molecule has 1 heterocycles. The number of thioether (sulfide) groups is 1. The third-order valence-corrected chi connectivity index (χ3v) is 4.18. The van der Waals surface area contributed by atoms with Crippen molar-refractivity contribution in [2.45, 2.75) is 5.16 Å². The number of tetrazole rings is 1. The zero-order valence-corrected chi connectivity index (χ0v) is 13.5. The van der Waals surface area contributed by atoms with Gasteiger partial charge in [-0.2, -0.15) is 4.68 Å². The summed E-state index contributed by atoms with van der Waals surface area (Å²) in [6.45, 7) is 0. The molecule has 0 spiro atoms. The molecule has 0 aliphatic carbocycles. The minimum atomic E-state index is -0.530. The van der Waals surface area contributed by atoms with Gasteiger partial charge >= 0.3 is 0 Å². The van der Waals surface area contributed by atoms with Crippen LogP contribution in [-0.4, -0.2) is 38.9 Å². The maximum atomic E-state index is 13.6. The van der Waals surface area contributed by atoms with E-state index < -0.39 is 5.82 Å². The second kappa shape index (κ2) is 7.22. The highest BCUT2D eigenvalue weighted by Crippen LogP contribution is 2.21. The summed E-state index contributed by atoms with van der Waals surface area (Å²) in [4.78, 5) is 12.1. The predicted octanol–water partition coefficient (Wildman–Crippen LogP) is 2.79. The van der Waals surface area contributed by atoms with Crippen LogP contribution in [0.1, 0.15) is 10.4 Å². The van der Waals surface area contributed by atoms with Crippen molar-refractivity contribution in [2.24, 2.45) is 0 Å². The van der Waals surface area contributed by atoms with Crippen molar-refractivity contribution in [3.63, 3.8) is 0 Å². The highest BCUT2D eigenvalue weighted by atomic mass is 32.2. The minimum absolute atomic E-state index is 0.0391. The first kappa shape index (κ1) is 16.1. The molecule has 0 saturated carbocycles. The summed E-state index contributed by atoms with van der Waals surface area (Å²) in [6, 6.07) is 13.1. The molecule has 0 radical (unpaired) electrons. The lowest BCUT2D eigenvalue weighted by atomic mass is 10.1. The third kappa shape index (κ3) is 3.43. The molecule has 3 rings (SSSR count). The lowest BCUT2D eigenvalue weighted by Gasteiger charge is -2.05. The summed E-state index contributed by atoms with van der Waals surface area (Å²) in [5, 5.41) is 11.9. The highest BCUT2D eigenvalue weighted by molar-refractivity contribution is 7.99. The van der Waals surface area contributed by atoms with Gasteiger partial charge in [0.05, 0.1) is 24.1 Å². The van der Waals surface area contributed by atoms with Crippen molar-refractivity contribution < 1.29 is 13.9 Å². The van der Waals surface area contributed by atoms with Gasteiger partial charge in [-0.1, -0.05) is 23.9 Å². The number of halogens is 1. The average Bonchev–Trinajstić information content (AvgIpc) is 3.08. The molecular formula is C16H13FN4O2S. The fourth-order valence-corrected chi connectivity index (χ4v) is 2.82. The van der Waals surface area contributed by atoms with Crippen molar-refractivity contribution in [3.05, 3.63) is 59.9 Å². The third-order valence-electron chi connectivity index (χ3n) is 3.26. The van der Waals surface area contributed by atoms with Crippen molar-refractivity contribution >= 4 is 17.5 Å². The molecule has 8 heteroatoms. The maximum absolute atomic E-state index is 13.6. The van der Waals surface area contributed by atoms with E-state index in [0.29, 0.717) is 5.16 Å². The molecule has 6 nitrogen and oxygen atoms in total. The lowest BCUT2D eigenvalue weighted by Crippen LogP contribution is -2.06. The van der Waals surface area contributed by atoms with Gasteiger partial charge in [0, 0.05) is 0 Å². The number of carbonyl (C=O) groups excluding carboxylic acids is 1. The lowest BCUT2D eigenvalue weighted by molar-refractivity contribution is 0.101. The van der Waals surface area contributed by atoms with Crippen LogP contribution in [-0.2, 0) is 0 Å². The Kier molecular flexibility index (Phi) is 4.85. The van der Waals surface area contributed by atoms with Crippen LogP contribution in [0.4, 0.5) is 4.39 Å². The van der Waals surface area contributed by atoms with E-state index in [2.05, 4.69) is 15.5 Å². The first-order valence-corrected chi connectivity index (χ1v) is 8.01. The van der Waals surface area contributed by atoms with E-state index in [0.717, 1.165) is 23.2 Å². The molecular weight excluding hydrogens is 331 g/mol. The number of benzene rings is 2. The average molecular weight is 344 g/mol. The van der Waals surface area contributed by atoms with Crippen LogP contribution in [0.15, 0.2) is 53.7 Å². The van der Waals surface area contributed by atoms with Crippen molar-refractivity contribution in [2.75, 3.05) is 12.9 Å². The number of nitrogens with zero attached hydrogens (tertiary/aromatic N) is 4. The molecule has 1 aromatic heterocycles. The van der Waals surface area contributed by atoms with Gasteiger partial charge in [0.25, 0.3) is 0 Å². The summed E-state index contributed by atoms with van der Waals surface area (Å²) in [5.41, 5.74) is 0.801. The van der Waals surface area contributed by atoms with E-state index in [9.17, 15) is 9.18 Å². The Morgan fingerprint density at radius 1 is 1.21 bits per heavy atom. The van der Waals surface area contributed by atoms with Gasteiger partial charge in [0.2, 0.25) is 5.16 Å². The molecule has 3 aromatic rings. The Hall–Kier alpha value is -2.74. The van der Waals surface area contributed by atoms with Crippen molar-refractivity contribution in [1.29, 1.82) is 0 Å². The molecule has 0 unspecified atom stereocenters. The van der Waals surface area contributed by atoms with E-state index in [1.807, 2.05) is 0 Å². The number of rotatable bonds is 6. The van der Waals surface area contributed by atoms with E-state index in [4.69, 9.17) is 4.74 Å². The van der Waals surface area contributed by atoms with Crippen molar-refractivity contribution in [1.82, 2.24) is 20.2 Å². The first-order valence-electron chi connectivity index (χ1n) is 7.02. The summed E-state index contributed by atoms with van der Waals surface area (Å²) >= 11 is 1.15. The Morgan fingerprint density at radius 2 is 1.96 bits per heavy atom. The Balaban J connectivity index is 1.74. The van der Waals surface area contributed by atoms with Crippen LogP contribution in [0.5, 0.6) is 5.75 Å². The van der Waals surface area contributed by atoms with Crippen LogP contribution in [0.25, 0.3) is 5.69 Å². The zero-order chi connectivity index (χ0) is 16.9. The van der Waals surface area contributed by atoms with E-state index in [-0.39, 0.29) is 17.1 Å². The second-order valence-corrected chi connectivity index (χ2v) is 5.71. The molecule has 0 aliphatic heterocycles. The molecule has 0 amide bonds.